The van der Waals surface area contributed by atoms with Gasteiger partial charge >= 0.3 is 0 Å². The average Bonchev–Trinajstić information content (AvgIpc) is 2.58. The molecule has 0 amide bonds. The molecule has 1 fully saturated rings. The minimum absolute atomic E-state index is 0.188. The van der Waals surface area contributed by atoms with Gasteiger partial charge in [0, 0.05) is 30.1 Å². The van der Waals surface area contributed by atoms with Crippen LogP contribution in [0.25, 0.3) is 10.9 Å². The number of nitrogens with zero attached hydrogens (tertiary/aromatic N) is 1. The number of benzene rings is 1. The number of sulfonamides is 1. The van der Waals surface area contributed by atoms with Gasteiger partial charge in [0.2, 0.25) is 15.6 Å². The molecule has 3 rings (SSSR count). The highest BCUT2D eigenvalue weighted by Gasteiger charge is 2.18. The largest absolute Gasteiger partial charge is 0.392 e. The highest BCUT2D eigenvalue weighted by Crippen LogP contribution is 2.19. The Morgan fingerprint density at radius 3 is 2.92 bits per heavy atom. The number of hydrogen-bond donors (Lipinski definition) is 3. The SMILES string of the molecule is Cc1cc(=O)[nH]c2ccc(S(=O)(=O)NCCCN3CCC[C@@H](O)C3)cc12. The van der Waals surface area contributed by atoms with Gasteiger partial charge in [-0.25, -0.2) is 13.1 Å². The number of aromatic nitrogens is 1. The molecular formula is C18H25N3O4S. The van der Waals surface area contributed by atoms with Crippen LogP contribution in [0.3, 0.4) is 0 Å². The predicted octanol–water partition coefficient (Wildman–Crippen LogP) is 0.962. The number of piperidine rings is 1. The Balaban J connectivity index is 1.63. The minimum Gasteiger partial charge on any atom is -0.392 e. The van der Waals surface area contributed by atoms with Crippen molar-refractivity contribution in [3.8, 4) is 0 Å². The summed E-state index contributed by atoms with van der Waals surface area (Å²) in [6.45, 7) is 4.50. The van der Waals surface area contributed by atoms with Crippen LogP contribution >= 0.6 is 0 Å². The monoisotopic (exact) mass is 379 g/mol. The maximum absolute atomic E-state index is 12.5. The van der Waals surface area contributed by atoms with E-state index in [2.05, 4.69) is 14.6 Å². The molecule has 2 aromatic rings. The van der Waals surface area contributed by atoms with Gasteiger partial charge in [0.15, 0.2) is 0 Å². The van der Waals surface area contributed by atoms with Crippen molar-refractivity contribution in [3.05, 3.63) is 40.2 Å². The minimum atomic E-state index is -3.60. The zero-order valence-electron chi connectivity index (χ0n) is 14.9. The van der Waals surface area contributed by atoms with E-state index in [0.717, 1.165) is 36.9 Å². The van der Waals surface area contributed by atoms with Crippen molar-refractivity contribution >= 4 is 20.9 Å². The highest BCUT2D eigenvalue weighted by atomic mass is 32.2. The summed E-state index contributed by atoms with van der Waals surface area (Å²) in [5.74, 6) is 0. The maximum Gasteiger partial charge on any atom is 0.248 e. The summed E-state index contributed by atoms with van der Waals surface area (Å²) in [7, 11) is -3.60. The van der Waals surface area contributed by atoms with Crippen LogP contribution in [0.5, 0.6) is 0 Å². The van der Waals surface area contributed by atoms with Crippen LogP contribution in [-0.2, 0) is 10.0 Å². The topological polar surface area (TPSA) is 102 Å². The second kappa shape index (κ2) is 7.87. The first kappa shape index (κ1) is 19.0. The van der Waals surface area contributed by atoms with Crippen molar-refractivity contribution in [2.75, 3.05) is 26.2 Å². The number of aliphatic hydroxyl groups excluding tert-OH is 1. The predicted molar refractivity (Wildman–Crippen MR) is 101 cm³/mol. The molecule has 2 heterocycles. The number of aliphatic hydroxyl groups is 1. The van der Waals surface area contributed by atoms with Gasteiger partial charge < -0.3 is 15.0 Å². The Morgan fingerprint density at radius 2 is 2.15 bits per heavy atom. The van der Waals surface area contributed by atoms with E-state index >= 15 is 0 Å². The van der Waals surface area contributed by atoms with Gasteiger partial charge in [-0.05, 0) is 63.0 Å². The van der Waals surface area contributed by atoms with Crippen LogP contribution in [0.15, 0.2) is 34.0 Å². The Morgan fingerprint density at radius 1 is 1.35 bits per heavy atom. The van der Waals surface area contributed by atoms with Crippen molar-refractivity contribution in [3.63, 3.8) is 0 Å². The number of aromatic amines is 1. The summed E-state index contributed by atoms with van der Waals surface area (Å²) in [6, 6.07) is 6.16. The molecule has 26 heavy (non-hydrogen) atoms. The first-order chi connectivity index (χ1) is 12.3. The van der Waals surface area contributed by atoms with Crippen molar-refractivity contribution in [2.24, 2.45) is 0 Å². The Hall–Kier alpha value is -1.74. The molecule has 0 spiro atoms. The lowest BCUT2D eigenvalue weighted by molar-refractivity contribution is 0.0704. The average molecular weight is 379 g/mol. The van der Waals surface area contributed by atoms with Crippen molar-refractivity contribution in [1.29, 1.82) is 0 Å². The van der Waals surface area contributed by atoms with Crippen LogP contribution in [0.1, 0.15) is 24.8 Å². The van der Waals surface area contributed by atoms with E-state index in [1.165, 1.54) is 12.1 Å². The molecular weight excluding hydrogens is 354 g/mol. The molecule has 3 N–H and O–H groups in total. The van der Waals surface area contributed by atoms with Gasteiger partial charge in [-0.3, -0.25) is 4.79 Å². The fourth-order valence-electron chi connectivity index (χ4n) is 3.40. The van der Waals surface area contributed by atoms with Crippen LogP contribution in [-0.4, -0.2) is 55.7 Å². The zero-order valence-corrected chi connectivity index (χ0v) is 15.7. The number of H-pyrrole nitrogens is 1. The van der Waals surface area contributed by atoms with Crippen molar-refractivity contribution < 1.29 is 13.5 Å². The Bertz CT molecular complexity index is 939. The third kappa shape index (κ3) is 4.50. The first-order valence-electron chi connectivity index (χ1n) is 8.89. The quantitative estimate of drug-likeness (QED) is 0.649. The molecule has 1 saturated heterocycles. The second-order valence-electron chi connectivity index (χ2n) is 6.87. The van der Waals surface area contributed by atoms with Gasteiger partial charge in [0.05, 0.1) is 11.0 Å². The molecule has 7 nitrogen and oxygen atoms in total. The number of fused-ring (bicyclic) bond motifs is 1. The van der Waals surface area contributed by atoms with Crippen LogP contribution in [0, 0.1) is 6.92 Å². The van der Waals surface area contributed by atoms with E-state index in [0.29, 0.717) is 25.0 Å². The molecule has 142 valence electrons. The number of hydrogen-bond acceptors (Lipinski definition) is 5. The summed E-state index contributed by atoms with van der Waals surface area (Å²) >= 11 is 0. The normalized spacial score (nSPS) is 19.1. The number of rotatable bonds is 6. The Kier molecular flexibility index (Phi) is 5.76. The molecule has 1 aromatic heterocycles. The highest BCUT2D eigenvalue weighted by molar-refractivity contribution is 7.89. The van der Waals surface area contributed by atoms with E-state index in [4.69, 9.17) is 0 Å². The number of aryl methyl sites for hydroxylation is 1. The van der Waals surface area contributed by atoms with Gasteiger partial charge in [0.1, 0.15) is 0 Å². The van der Waals surface area contributed by atoms with E-state index in [1.54, 1.807) is 19.1 Å². The van der Waals surface area contributed by atoms with Gasteiger partial charge in [-0.1, -0.05) is 0 Å². The molecule has 1 aliphatic heterocycles. The van der Waals surface area contributed by atoms with Gasteiger partial charge in [-0.2, -0.15) is 0 Å². The van der Waals surface area contributed by atoms with Crippen LogP contribution in [0.4, 0.5) is 0 Å². The molecule has 1 aliphatic rings. The standard InChI is InChI=1S/C18H25N3O4S/c1-13-10-18(23)20-17-6-5-15(11-16(13)17)26(24,25)19-7-3-9-21-8-2-4-14(22)12-21/h5-6,10-11,14,19,22H,2-4,7-9,12H2,1H3,(H,20,23)/t14-/m1/s1. The molecule has 8 heteroatoms. The summed E-state index contributed by atoms with van der Waals surface area (Å²) in [5, 5.41) is 10.4. The molecule has 0 radical (unpaired) electrons. The van der Waals surface area contributed by atoms with Gasteiger partial charge in [0.25, 0.3) is 0 Å². The molecule has 0 aliphatic carbocycles. The van der Waals surface area contributed by atoms with Crippen molar-refractivity contribution in [1.82, 2.24) is 14.6 Å². The number of β-amino-alcohol motifs (C(OH)–C–C–N with tert-alkyl or cyclic N) is 1. The third-order valence-corrected chi connectivity index (χ3v) is 6.21. The molecule has 0 saturated carbocycles. The fourth-order valence-corrected chi connectivity index (χ4v) is 4.50. The maximum atomic E-state index is 12.5. The summed E-state index contributed by atoms with van der Waals surface area (Å²) in [6.07, 6.45) is 2.24. The van der Waals surface area contributed by atoms with Crippen molar-refractivity contribution in [2.45, 2.75) is 37.2 Å². The summed E-state index contributed by atoms with van der Waals surface area (Å²) < 4.78 is 27.7. The number of likely N-dealkylation sites (tertiary alicyclic amines) is 1. The zero-order chi connectivity index (χ0) is 18.7. The summed E-state index contributed by atoms with van der Waals surface area (Å²) in [4.78, 5) is 16.6. The summed E-state index contributed by atoms with van der Waals surface area (Å²) in [5.41, 5.74) is 1.16. The smallest absolute Gasteiger partial charge is 0.248 e. The number of nitrogens with one attached hydrogen (secondary N) is 2. The van der Waals surface area contributed by atoms with E-state index in [1.807, 2.05) is 0 Å². The molecule has 1 atom stereocenters. The lowest BCUT2D eigenvalue weighted by Crippen LogP contribution is -2.39. The fraction of sp³-hybridized carbons (Fsp3) is 0.500. The number of pyridine rings is 1. The molecule has 0 unspecified atom stereocenters. The second-order valence-corrected chi connectivity index (χ2v) is 8.64. The van der Waals surface area contributed by atoms with Gasteiger partial charge in [-0.15, -0.1) is 0 Å². The lowest BCUT2D eigenvalue weighted by atomic mass is 10.1. The van der Waals surface area contributed by atoms with Crippen LogP contribution < -0.4 is 10.3 Å². The first-order valence-corrected chi connectivity index (χ1v) is 10.4. The molecule has 0 bridgehead atoms. The lowest BCUT2D eigenvalue weighted by Gasteiger charge is -2.29. The third-order valence-electron chi connectivity index (χ3n) is 4.76. The van der Waals surface area contributed by atoms with Crippen LogP contribution in [0.2, 0.25) is 0 Å². The Labute approximate surface area is 153 Å². The molecule has 1 aromatic carbocycles. The van der Waals surface area contributed by atoms with E-state index < -0.39 is 10.0 Å². The van der Waals surface area contributed by atoms with E-state index in [-0.39, 0.29) is 16.6 Å². The van der Waals surface area contributed by atoms with E-state index in [9.17, 15) is 18.3 Å².